The molecule has 0 aliphatic heterocycles. The lowest BCUT2D eigenvalue weighted by Crippen LogP contribution is -2.28. The van der Waals surface area contributed by atoms with E-state index in [9.17, 15) is 14.9 Å². The molecule has 0 radical (unpaired) electrons. The molecule has 0 bridgehead atoms. The molecular weight excluding hydrogens is 280 g/mol. The third-order valence-corrected chi connectivity index (χ3v) is 1.70. The number of furan rings is 1. The van der Waals surface area contributed by atoms with Crippen molar-refractivity contribution in [2.75, 3.05) is 20.6 Å². The summed E-state index contributed by atoms with van der Waals surface area (Å²) in [7, 11) is 3.53. The minimum atomic E-state index is -0.954. The zero-order valence-corrected chi connectivity index (χ0v) is 11.0. The van der Waals surface area contributed by atoms with Crippen LogP contribution in [-0.4, -0.2) is 42.3 Å². The number of likely N-dealkylation sites (N-methyl/N-ethyl adjacent to an activating group) is 1. The molecule has 0 unspecified atom stereocenters. The van der Waals surface area contributed by atoms with Crippen LogP contribution < -0.4 is 5.73 Å². The molecule has 0 fully saturated rings. The van der Waals surface area contributed by atoms with E-state index in [-0.39, 0.29) is 24.0 Å². The highest BCUT2D eigenvalue weighted by atomic mass is 35.5. The molecule has 0 saturated carbocycles. The predicted octanol–water partition coefficient (Wildman–Crippen LogP) is 0.600. The Hall–Kier alpha value is -2.13. The monoisotopic (exact) mass is 292 g/mol. The molecule has 1 aromatic rings. The van der Waals surface area contributed by atoms with Crippen LogP contribution in [0.25, 0.3) is 0 Å². The van der Waals surface area contributed by atoms with Gasteiger partial charge in [0.1, 0.15) is 4.92 Å². The van der Waals surface area contributed by atoms with Crippen molar-refractivity contribution in [1.82, 2.24) is 4.90 Å². The van der Waals surface area contributed by atoms with Crippen LogP contribution in [0.5, 0.6) is 0 Å². The van der Waals surface area contributed by atoms with Gasteiger partial charge in [-0.3, -0.25) is 10.1 Å². The number of carbonyl (C=O) groups is 1. The summed E-state index contributed by atoms with van der Waals surface area (Å²) in [5, 5.41) is 13.7. The molecule has 0 aromatic carbocycles. The highest BCUT2D eigenvalue weighted by molar-refractivity contribution is 5.88. The van der Waals surface area contributed by atoms with E-state index in [0.717, 1.165) is 12.1 Å². The predicted molar refractivity (Wildman–Crippen MR) is 68.2 cm³/mol. The molecule has 1 heterocycles. The summed E-state index contributed by atoms with van der Waals surface area (Å²) in [6.07, 6.45) is 0. The van der Waals surface area contributed by atoms with E-state index < -0.39 is 16.8 Å². The van der Waals surface area contributed by atoms with Gasteiger partial charge >= 0.3 is 11.9 Å². The molecule has 0 atom stereocenters. The summed E-state index contributed by atoms with van der Waals surface area (Å²) < 4.78 is 4.63. The second-order valence-electron chi connectivity index (χ2n) is 3.59. The average Bonchev–Trinajstić information content (AvgIpc) is 2.74. The summed E-state index contributed by atoms with van der Waals surface area (Å²) in [5.41, 5.74) is 5.45. The molecule has 19 heavy (non-hydrogen) atoms. The molecule has 0 amide bonds. The van der Waals surface area contributed by atoms with Gasteiger partial charge in [-0.2, -0.15) is 0 Å². The molecule has 0 aliphatic rings. The molecule has 1 aromatic heterocycles. The zero-order valence-electron chi connectivity index (χ0n) is 10.2. The van der Waals surface area contributed by atoms with Crippen LogP contribution in [0.15, 0.2) is 21.7 Å². The topological polar surface area (TPSA) is 124 Å². The standard InChI is InChI=1S/C9H12N4O5.ClH/c1-12(2)5-7(10)11-18-9(14)6-3-4-8(17-6)13(15)16;/h3-4H,5H2,1-2H3,(H2,10,11);1H. The van der Waals surface area contributed by atoms with E-state index in [1.165, 1.54) is 0 Å². The number of halogens is 1. The maximum absolute atomic E-state index is 11.4. The minimum Gasteiger partial charge on any atom is -0.393 e. The maximum Gasteiger partial charge on any atom is 0.433 e. The molecular formula is C9H13ClN4O5. The molecule has 10 heteroatoms. The second kappa shape index (κ2) is 7.34. The van der Waals surface area contributed by atoms with E-state index in [2.05, 4.69) is 14.4 Å². The van der Waals surface area contributed by atoms with Crippen molar-refractivity contribution in [1.29, 1.82) is 0 Å². The zero-order chi connectivity index (χ0) is 13.7. The maximum atomic E-state index is 11.4. The third-order valence-electron chi connectivity index (χ3n) is 1.70. The highest BCUT2D eigenvalue weighted by Gasteiger charge is 2.18. The summed E-state index contributed by atoms with van der Waals surface area (Å²) in [6.45, 7) is 0.311. The van der Waals surface area contributed by atoms with Crippen molar-refractivity contribution in [3.8, 4) is 0 Å². The van der Waals surface area contributed by atoms with Gasteiger partial charge in [0, 0.05) is 0 Å². The Morgan fingerprint density at radius 3 is 2.68 bits per heavy atom. The first-order valence-corrected chi connectivity index (χ1v) is 4.82. The van der Waals surface area contributed by atoms with Crippen LogP contribution in [0.3, 0.4) is 0 Å². The summed E-state index contributed by atoms with van der Waals surface area (Å²) in [5.74, 6) is -1.73. The van der Waals surface area contributed by atoms with Crippen molar-refractivity contribution in [2.24, 2.45) is 10.9 Å². The lowest BCUT2D eigenvalue weighted by molar-refractivity contribution is -0.402. The first kappa shape index (κ1) is 16.9. The number of nitrogens with two attached hydrogens (primary N) is 1. The molecule has 9 nitrogen and oxygen atoms in total. The lowest BCUT2D eigenvalue weighted by Gasteiger charge is -2.06. The van der Waals surface area contributed by atoms with Crippen molar-refractivity contribution in [2.45, 2.75) is 0 Å². The van der Waals surface area contributed by atoms with E-state index in [1.807, 2.05) is 0 Å². The minimum absolute atomic E-state index is 0. The molecule has 0 spiro atoms. The first-order valence-electron chi connectivity index (χ1n) is 4.82. The van der Waals surface area contributed by atoms with Gasteiger partial charge in [-0.1, -0.05) is 5.16 Å². The van der Waals surface area contributed by atoms with Gasteiger partial charge in [-0.25, -0.2) is 4.79 Å². The van der Waals surface area contributed by atoms with Crippen molar-refractivity contribution >= 4 is 30.1 Å². The number of carbonyl (C=O) groups excluding carboxylic acids is 1. The smallest absolute Gasteiger partial charge is 0.393 e. The Morgan fingerprint density at radius 2 is 2.21 bits per heavy atom. The van der Waals surface area contributed by atoms with Crippen molar-refractivity contribution < 1.29 is 19.0 Å². The molecule has 0 aliphatic carbocycles. The molecule has 106 valence electrons. The summed E-state index contributed by atoms with van der Waals surface area (Å²) >= 11 is 0. The van der Waals surface area contributed by atoms with Gasteiger partial charge in [0.25, 0.3) is 0 Å². The lowest BCUT2D eigenvalue weighted by atomic mass is 10.5. The van der Waals surface area contributed by atoms with Gasteiger partial charge < -0.3 is 19.9 Å². The van der Waals surface area contributed by atoms with E-state index >= 15 is 0 Å². The number of nitro groups is 1. The van der Waals surface area contributed by atoms with Gasteiger partial charge in [0.05, 0.1) is 12.6 Å². The quantitative estimate of drug-likeness (QED) is 0.277. The normalized spacial score (nSPS) is 11.0. The Labute approximate surface area is 114 Å². The fraction of sp³-hybridized carbons (Fsp3) is 0.333. The fourth-order valence-electron chi connectivity index (χ4n) is 1.03. The fourth-order valence-corrected chi connectivity index (χ4v) is 1.03. The number of rotatable bonds is 5. The van der Waals surface area contributed by atoms with Gasteiger partial charge in [-0.05, 0) is 20.2 Å². The van der Waals surface area contributed by atoms with Crippen molar-refractivity contribution in [3.05, 3.63) is 28.0 Å². The third kappa shape index (κ3) is 5.36. The van der Waals surface area contributed by atoms with Gasteiger partial charge in [0.2, 0.25) is 5.76 Å². The van der Waals surface area contributed by atoms with Crippen LogP contribution in [0.1, 0.15) is 10.6 Å². The van der Waals surface area contributed by atoms with Crippen LogP contribution >= 0.6 is 12.4 Å². The number of hydrogen-bond acceptors (Lipinski definition) is 7. The van der Waals surface area contributed by atoms with Crippen LogP contribution in [0.2, 0.25) is 0 Å². The highest BCUT2D eigenvalue weighted by Crippen LogP contribution is 2.16. The average molecular weight is 293 g/mol. The second-order valence-corrected chi connectivity index (χ2v) is 3.59. The number of nitrogens with zero attached hydrogens (tertiary/aromatic N) is 3. The number of amidine groups is 1. The van der Waals surface area contributed by atoms with E-state index in [1.54, 1.807) is 19.0 Å². The first-order chi connectivity index (χ1) is 8.40. The Morgan fingerprint density at radius 1 is 1.58 bits per heavy atom. The summed E-state index contributed by atoms with van der Waals surface area (Å²) in [4.78, 5) is 27.1. The summed E-state index contributed by atoms with van der Waals surface area (Å²) in [6, 6.07) is 2.17. The van der Waals surface area contributed by atoms with E-state index in [0.29, 0.717) is 6.54 Å². The largest absolute Gasteiger partial charge is 0.433 e. The van der Waals surface area contributed by atoms with Gasteiger partial charge in [-0.15, -0.1) is 12.4 Å². The number of hydrogen-bond donors (Lipinski definition) is 1. The Balaban J connectivity index is 0.00000324. The molecule has 1 rings (SSSR count). The SMILES string of the molecule is CN(C)C/C(N)=N/OC(=O)c1ccc([N+](=O)[O-])o1.Cl. The van der Waals surface area contributed by atoms with Crippen LogP contribution in [-0.2, 0) is 4.84 Å². The Kier molecular flexibility index (Phi) is 6.51. The van der Waals surface area contributed by atoms with Crippen molar-refractivity contribution in [3.63, 3.8) is 0 Å². The molecule has 0 saturated heterocycles. The Bertz CT molecular complexity index is 485. The van der Waals surface area contributed by atoms with Gasteiger partial charge in [0.15, 0.2) is 5.84 Å². The van der Waals surface area contributed by atoms with E-state index in [4.69, 9.17) is 5.73 Å². The molecule has 2 N–H and O–H groups in total. The van der Waals surface area contributed by atoms with Crippen LogP contribution in [0.4, 0.5) is 5.88 Å². The van der Waals surface area contributed by atoms with Crippen LogP contribution in [0, 0.1) is 10.1 Å². The number of oxime groups is 1.